The molecule has 0 saturated carbocycles. The summed E-state index contributed by atoms with van der Waals surface area (Å²) in [7, 11) is 3.60. The van der Waals surface area contributed by atoms with Crippen LogP contribution in [0.2, 0.25) is 0 Å². The van der Waals surface area contributed by atoms with Gasteiger partial charge in [0, 0.05) is 19.7 Å². The molecule has 0 amide bonds. The van der Waals surface area contributed by atoms with E-state index in [0.29, 0.717) is 6.61 Å². The monoisotopic (exact) mass is 143 g/mol. The van der Waals surface area contributed by atoms with Gasteiger partial charge >= 0.3 is 0 Å². The van der Waals surface area contributed by atoms with Crippen LogP contribution in [0.15, 0.2) is 11.3 Å². The first-order chi connectivity index (χ1) is 4.74. The number of hydrogen-bond donors (Lipinski definition) is 0. The van der Waals surface area contributed by atoms with Gasteiger partial charge in [-0.2, -0.15) is 0 Å². The molecule has 1 aliphatic heterocycles. The Balaban J connectivity index is 2.49. The van der Waals surface area contributed by atoms with Crippen molar-refractivity contribution in [3.8, 4) is 0 Å². The molecule has 3 nitrogen and oxygen atoms in total. The first-order valence-electron chi connectivity index (χ1n) is 3.30. The van der Waals surface area contributed by atoms with E-state index in [1.165, 1.54) is 5.57 Å². The number of likely N-dealkylation sites (N-methyl/N-ethyl adjacent to an activating group) is 1. The van der Waals surface area contributed by atoms with Gasteiger partial charge in [-0.15, -0.1) is 5.06 Å². The molecule has 1 aliphatic rings. The number of hydroxylamine groups is 2. The zero-order valence-electron chi connectivity index (χ0n) is 6.68. The largest absolute Gasteiger partial charge is 0.411 e. The van der Waals surface area contributed by atoms with Crippen LogP contribution in [0.4, 0.5) is 0 Å². The highest BCUT2D eigenvalue weighted by Gasteiger charge is 2.16. The summed E-state index contributed by atoms with van der Waals surface area (Å²) in [5.74, 6) is 0.976. The van der Waals surface area contributed by atoms with Gasteiger partial charge in [-0.25, -0.2) is 0 Å². The molecule has 0 fully saturated rings. The molecule has 0 spiro atoms. The minimum Gasteiger partial charge on any atom is -0.411 e. The van der Waals surface area contributed by atoms with Crippen molar-refractivity contribution in [2.75, 3.05) is 27.3 Å². The van der Waals surface area contributed by atoms with Gasteiger partial charge in [0.05, 0.1) is 13.2 Å². The molecule has 0 unspecified atom stereocenters. The molecule has 0 atom stereocenters. The number of hydrogen-bond acceptors (Lipinski definition) is 3. The third-order valence-corrected chi connectivity index (χ3v) is 1.52. The van der Waals surface area contributed by atoms with Crippen LogP contribution in [0.1, 0.15) is 6.92 Å². The molecule has 0 aromatic heterocycles. The molecule has 0 aromatic carbocycles. The van der Waals surface area contributed by atoms with Gasteiger partial charge in [0.25, 0.3) is 0 Å². The molecule has 0 radical (unpaired) electrons. The van der Waals surface area contributed by atoms with Crippen LogP contribution in [-0.4, -0.2) is 32.4 Å². The quantitative estimate of drug-likeness (QED) is 0.570. The van der Waals surface area contributed by atoms with E-state index >= 15 is 0 Å². The van der Waals surface area contributed by atoms with E-state index in [0.717, 1.165) is 12.3 Å². The van der Waals surface area contributed by atoms with Gasteiger partial charge in [-0.3, -0.25) is 0 Å². The highest BCUT2D eigenvalue weighted by molar-refractivity contribution is 5.11. The van der Waals surface area contributed by atoms with Crippen molar-refractivity contribution in [2.45, 2.75) is 6.92 Å². The van der Waals surface area contributed by atoms with Crippen LogP contribution in [0.25, 0.3) is 0 Å². The lowest BCUT2D eigenvalue weighted by atomic mass is 10.2. The first kappa shape index (κ1) is 7.57. The van der Waals surface area contributed by atoms with Crippen LogP contribution in [0, 0.1) is 0 Å². The normalized spacial score (nSPS) is 19.9. The van der Waals surface area contributed by atoms with Crippen LogP contribution in [0.3, 0.4) is 0 Å². The number of methoxy groups -OCH3 is 1. The predicted octanol–water partition coefficient (Wildman–Crippen LogP) is 0.784. The van der Waals surface area contributed by atoms with Crippen LogP contribution in [-0.2, 0) is 9.57 Å². The Morgan fingerprint density at radius 3 is 2.80 bits per heavy atom. The van der Waals surface area contributed by atoms with E-state index in [4.69, 9.17) is 9.57 Å². The fourth-order valence-corrected chi connectivity index (χ4v) is 1.03. The number of nitrogens with zero attached hydrogens (tertiary/aromatic N) is 1. The van der Waals surface area contributed by atoms with Gasteiger partial charge in [-0.05, 0) is 6.92 Å². The zero-order chi connectivity index (χ0) is 7.56. The summed E-state index contributed by atoms with van der Waals surface area (Å²) in [6, 6.07) is 0. The Hall–Kier alpha value is -0.540. The fourth-order valence-electron chi connectivity index (χ4n) is 1.03. The Labute approximate surface area is 61.2 Å². The smallest absolute Gasteiger partial charge is 0.124 e. The van der Waals surface area contributed by atoms with Crippen LogP contribution >= 0.6 is 0 Å². The van der Waals surface area contributed by atoms with Crippen molar-refractivity contribution >= 4 is 0 Å². The summed E-state index contributed by atoms with van der Waals surface area (Å²) in [5.41, 5.74) is 1.23. The summed E-state index contributed by atoms with van der Waals surface area (Å²) in [6.07, 6.45) is 0. The Morgan fingerprint density at radius 2 is 2.40 bits per heavy atom. The van der Waals surface area contributed by atoms with E-state index in [2.05, 4.69) is 0 Å². The van der Waals surface area contributed by atoms with Gasteiger partial charge in [0.15, 0.2) is 0 Å². The summed E-state index contributed by atoms with van der Waals surface area (Å²) >= 11 is 0. The lowest BCUT2D eigenvalue weighted by Crippen LogP contribution is -2.13. The second-order valence-electron chi connectivity index (χ2n) is 2.47. The van der Waals surface area contributed by atoms with Gasteiger partial charge in [0.1, 0.15) is 5.76 Å². The third kappa shape index (κ3) is 1.49. The summed E-state index contributed by atoms with van der Waals surface area (Å²) in [4.78, 5) is 5.26. The van der Waals surface area contributed by atoms with Crippen LogP contribution in [0.5, 0.6) is 0 Å². The molecular weight excluding hydrogens is 130 g/mol. The molecule has 1 rings (SSSR count). The Morgan fingerprint density at radius 1 is 1.70 bits per heavy atom. The molecule has 0 aromatic rings. The van der Waals surface area contributed by atoms with Crippen molar-refractivity contribution in [1.29, 1.82) is 0 Å². The second kappa shape index (κ2) is 3.03. The maximum atomic E-state index is 5.26. The average Bonchev–Trinajstić information content (AvgIpc) is 2.13. The van der Waals surface area contributed by atoms with Crippen molar-refractivity contribution < 1.29 is 9.57 Å². The van der Waals surface area contributed by atoms with E-state index in [-0.39, 0.29) is 0 Å². The topological polar surface area (TPSA) is 21.7 Å². The maximum absolute atomic E-state index is 5.26. The zero-order valence-corrected chi connectivity index (χ0v) is 6.68. The molecule has 0 aliphatic carbocycles. The van der Waals surface area contributed by atoms with Crippen LogP contribution < -0.4 is 0 Å². The summed E-state index contributed by atoms with van der Waals surface area (Å²) in [6.45, 7) is 3.49. The number of ether oxygens (including phenoxy) is 1. The van der Waals surface area contributed by atoms with Crippen molar-refractivity contribution in [3.63, 3.8) is 0 Å². The molecule has 3 heteroatoms. The first-order valence-corrected chi connectivity index (χ1v) is 3.30. The van der Waals surface area contributed by atoms with E-state index < -0.39 is 0 Å². The third-order valence-electron chi connectivity index (χ3n) is 1.52. The maximum Gasteiger partial charge on any atom is 0.124 e. The summed E-state index contributed by atoms with van der Waals surface area (Å²) < 4.78 is 4.98. The van der Waals surface area contributed by atoms with Gasteiger partial charge in [0.2, 0.25) is 0 Å². The van der Waals surface area contributed by atoms with Gasteiger partial charge < -0.3 is 9.57 Å². The summed E-state index contributed by atoms with van der Waals surface area (Å²) in [5, 5.41) is 1.80. The molecule has 10 heavy (non-hydrogen) atoms. The molecule has 58 valence electrons. The van der Waals surface area contributed by atoms with Gasteiger partial charge in [-0.1, -0.05) is 0 Å². The minimum absolute atomic E-state index is 0.677. The molecular formula is C7H13NO2. The standard InChI is InChI=1S/C7H13NO2/c1-6-7(5-9-3)4-8(2)10-6/h4-5H2,1-3H3. The van der Waals surface area contributed by atoms with E-state index in [1.54, 1.807) is 12.2 Å². The average molecular weight is 143 g/mol. The lowest BCUT2D eigenvalue weighted by molar-refractivity contribution is -0.0658. The highest BCUT2D eigenvalue weighted by Crippen LogP contribution is 2.16. The second-order valence-corrected chi connectivity index (χ2v) is 2.47. The minimum atomic E-state index is 0.677. The molecule has 1 heterocycles. The fraction of sp³-hybridized carbons (Fsp3) is 0.714. The highest BCUT2D eigenvalue weighted by atomic mass is 16.7. The van der Waals surface area contributed by atoms with Crippen molar-refractivity contribution in [1.82, 2.24) is 5.06 Å². The van der Waals surface area contributed by atoms with Crippen molar-refractivity contribution in [3.05, 3.63) is 11.3 Å². The Bertz CT molecular complexity index is 154. The van der Waals surface area contributed by atoms with E-state index in [1.807, 2.05) is 14.0 Å². The van der Waals surface area contributed by atoms with E-state index in [9.17, 15) is 0 Å². The Kier molecular flexibility index (Phi) is 2.29. The molecule has 0 N–H and O–H groups in total. The molecule has 0 saturated heterocycles. The predicted molar refractivity (Wildman–Crippen MR) is 38.3 cm³/mol. The molecule has 0 bridgehead atoms. The number of allylic oxidation sites excluding steroid dienone is 1. The van der Waals surface area contributed by atoms with Crippen molar-refractivity contribution in [2.24, 2.45) is 0 Å². The lowest BCUT2D eigenvalue weighted by Gasteiger charge is -2.06. The number of rotatable bonds is 2. The SMILES string of the molecule is COCC1=C(C)ON(C)C1.